The van der Waals surface area contributed by atoms with Crippen molar-refractivity contribution in [2.75, 3.05) is 13.1 Å². The Morgan fingerprint density at radius 1 is 1.25 bits per heavy atom. The summed E-state index contributed by atoms with van der Waals surface area (Å²) in [6.07, 6.45) is 0. The number of carboxylic acid groups (broad SMARTS) is 1. The first-order valence-electron chi connectivity index (χ1n) is 8.54. The smallest absolute Gasteiger partial charge is 0.308 e. The lowest BCUT2D eigenvalue weighted by atomic mass is 9.89. The van der Waals surface area contributed by atoms with Gasteiger partial charge in [0, 0.05) is 43.4 Å². The predicted molar refractivity (Wildman–Crippen MR) is 93.0 cm³/mol. The highest BCUT2D eigenvalue weighted by atomic mass is 16.4. The van der Waals surface area contributed by atoms with E-state index in [1.54, 1.807) is 0 Å². The molecule has 5 nitrogen and oxygen atoms in total. The summed E-state index contributed by atoms with van der Waals surface area (Å²) in [5, 5.41) is 14.2. The normalized spacial score (nSPS) is 21.3. The summed E-state index contributed by atoms with van der Waals surface area (Å²) in [7, 11) is 0. The molecule has 0 amide bonds. The second kappa shape index (κ2) is 6.77. The maximum atomic E-state index is 11.7. The Hall–Kier alpha value is -2.14. The van der Waals surface area contributed by atoms with Gasteiger partial charge in [-0.2, -0.15) is 5.10 Å². The molecule has 3 rings (SSSR count). The molecule has 1 aliphatic heterocycles. The van der Waals surface area contributed by atoms with E-state index in [0.717, 1.165) is 30.9 Å². The van der Waals surface area contributed by atoms with Crippen LogP contribution in [0.2, 0.25) is 0 Å². The lowest BCUT2D eigenvalue weighted by molar-refractivity contribution is -0.141. The SMILES string of the molecule is CCn1nc(C)c(CN2C[C@H](C(=O)O)[C@@H](c3ccccc3)C2)c1C. The topological polar surface area (TPSA) is 58.4 Å². The molecule has 0 bridgehead atoms. The maximum absolute atomic E-state index is 11.7. The fourth-order valence-corrected chi connectivity index (χ4v) is 3.80. The maximum Gasteiger partial charge on any atom is 0.308 e. The zero-order chi connectivity index (χ0) is 17.3. The van der Waals surface area contributed by atoms with Crippen molar-refractivity contribution in [1.29, 1.82) is 0 Å². The minimum Gasteiger partial charge on any atom is -0.481 e. The van der Waals surface area contributed by atoms with Gasteiger partial charge in [-0.3, -0.25) is 14.4 Å². The summed E-state index contributed by atoms with van der Waals surface area (Å²) in [5.41, 5.74) is 4.58. The molecule has 0 saturated carbocycles. The molecule has 1 aromatic heterocycles. The van der Waals surface area contributed by atoms with E-state index in [1.165, 1.54) is 11.3 Å². The van der Waals surface area contributed by atoms with Gasteiger partial charge in [0.2, 0.25) is 0 Å². The van der Waals surface area contributed by atoms with Crippen LogP contribution in [0.15, 0.2) is 30.3 Å². The first-order chi connectivity index (χ1) is 11.5. The number of hydrogen-bond acceptors (Lipinski definition) is 3. The van der Waals surface area contributed by atoms with Crippen LogP contribution in [0.25, 0.3) is 0 Å². The molecule has 2 heterocycles. The largest absolute Gasteiger partial charge is 0.481 e. The Labute approximate surface area is 142 Å². The van der Waals surface area contributed by atoms with Crippen LogP contribution >= 0.6 is 0 Å². The first kappa shape index (κ1) is 16.7. The number of nitrogens with zero attached hydrogens (tertiary/aromatic N) is 3. The Morgan fingerprint density at radius 2 is 1.96 bits per heavy atom. The lowest BCUT2D eigenvalue weighted by Gasteiger charge is -2.16. The quantitative estimate of drug-likeness (QED) is 0.917. The Balaban J connectivity index is 1.81. The molecule has 1 aromatic carbocycles. The van der Waals surface area contributed by atoms with Gasteiger partial charge in [0.15, 0.2) is 0 Å². The van der Waals surface area contributed by atoms with Gasteiger partial charge in [-0.25, -0.2) is 0 Å². The van der Waals surface area contributed by atoms with Gasteiger partial charge in [0.1, 0.15) is 0 Å². The highest BCUT2D eigenvalue weighted by Gasteiger charge is 2.38. The van der Waals surface area contributed by atoms with Gasteiger partial charge < -0.3 is 5.11 Å². The molecule has 1 saturated heterocycles. The first-order valence-corrected chi connectivity index (χ1v) is 8.54. The zero-order valence-corrected chi connectivity index (χ0v) is 14.6. The molecule has 2 aromatic rings. The molecule has 0 unspecified atom stereocenters. The van der Waals surface area contributed by atoms with Gasteiger partial charge >= 0.3 is 5.97 Å². The molecule has 24 heavy (non-hydrogen) atoms. The summed E-state index contributed by atoms with van der Waals surface area (Å²) in [4.78, 5) is 14.0. The number of aryl methyl sites for hydroxylation is 2. The second-order valence-electron chi connectivity index (χ2n) is 6.62. The van der Waals surface area contributed by atoms with E-state index in [1.807, 2.05) is 41.9 Å². The van der Waals surface area contributed by atoms with E-state index in [0.29, 0.717) is 6.54 Å². The number of benzene rings is 1. The van der Waals surface area contributed by atoms with Gasteiger partial charge in [0.05, 0.1) is 11.6 Å². The number of hydrogen-bond donors (Lipinski definition) is 1. The van der Waals surface area contributed by atoms with Crippen LogP contribution in [0.1, 0.15) is 35.4 Å². The van der Waals surface area contributed by atoms with Gasteiger partial charge in [0.25, 0.3) is 0 Å². The third-order valence-corrected chi connectivity index (χ3v) is 5.15. The standard InChI is InChI=1S/C19H25N3O2/c1-4-22-14(3)16(13(2)20-22)10-21-11-17(18(12-21)19(23)24)15-8-6-5-7-9-15/h5-9,17-18H,4,10-12H2,1-3H3,(H,23,24)/t17-,18+/m1/s1. The van der Waals surface area contributed by atoms with Crippen molar-refractivity contribution >= 4 is 5.97 Å². The second-order valence-corrected chi connectivity index (χ2v) is 6.62. The Morgan fingerprint density at radius 3 is 2.54 bits per heavy atom. The fraction of sp³-hybridized carbons (Fsp3) is 0.474. The Kier molecular flexibility index (Phi) is 4.71. The van der Waals surface area contributed by atoms with Crippen LogP contribution in [0.4, 0.5) is 0 Å². The van der Waals surface area contributed by atoms with Crippen molar-refractivity contribution in [3.63, 3.8) is 0 Å². The van der Waals surface area contributed by atoms with E-state index in [-0.39, 0.29) is 11.8 Å². The van der Waals surface area contributed by atoms with Crippen molar-refractivity contribution < 1.29 is 9.90 Å². The van der Waals surface area contributed by atoms with Crippen molar-refractivity contribution in [2.24, 2.45) is 5.92 Å². The Bertz CT molecular complexity index is 724. The molecule has 2 atom stereocenters. The summed E-state index contributed by atoms with van der Waals surface area (Å²) in [5.74, 6) is -1.01. The molecule has 1 N–H and O–H groups in total. The van der Waals surface area contributed by atoms with E-state index in [9.17, 15) is 9.90 Å². The number of aliphatic carboxylic acids is 1. The number of carbonyl (C=O) groups is 1. The van der Waals surface area contributed by atoms with Crippen molar-refractivity contribution in [1.82, 2.24) is 14.7 Å². The average Bonchev–Trinajstić information content (AvgIpc) is 3.12. The molecule has 1 fully saturated rings. The minimum absolute atomic E-state index is 0.0468. The number of carboxylic acids is 1. The summed E-state index contributed by atoms with van der Waals surface area (Å²) < 4.78 is 2.02. The van der Waals surface area contributed by atoms with Gasteiger partial charge in [-0.05, 0) is 26.3 Å². The number of likely N-dealkylation sites (tertiary alicyclic amines) is 1. The molecule has 0 radical (unpaired) electrons. The van der Waals surface area contributed by atoms with E-state index in [4.69, 9.17) is 0 Å². The molecular weight excluding hydrogens is 302 g/mol. The van der Waals surface area contributed by atoms with Crippen molar-refractivity contribution in [2.45, 2.75) is 39.8 Å². The monoisotopic (exact) mass is 327 g/mol. The minimum atomic E-state index is -0.705. The highest BCUT2D eigenvalue weighted by Crippen LogP contribution is 2.34. The van der Waals surface area contributed by atoms with E-state index < -0.39 is 5.97 Å². The molecule has 1 aliphatic rings. The molecule has 0 spiro atoms. The number of aromatic nitrogens is 2. The summed E-state index contributed by atoms with van der Waals surface area (Å²) in [6, 6.07) is 10.0. The summed E-state index contributed by atoms with van der Waals surface area (Å²) in [6.45, 7) is 9.21. The van der Waals surface area contributed by atoms with Crippen LogP contribution < -0.4 is 0 Å². The third kappa shape index (κ3) is 3.08. The molecular formula is C19H25N3O2. The van der Waals surface area contributed by atoms with E-state index in [2.05, 4.69) is 23.8 Å². The molecule has 5 heteroatoms. The lowest BCUT2D eigenvalue weighted by Crippen LogP contribution is -2.23. The predicted octanol–water partition coefficient (Wildman–Crippen LogP) is 2.82. The zero-order valence-electron chi connectivity index (χ0n) is 14.6. The van der Waals surface area contributed by atoms with Crippen LogP contribution in [-0.4, -0.2) is 38.8 Å². The van der Waals surface area contributed by atoms with Crippen LogP contribution in [0.5, 0.6) is 0 Å². The van der Waals surface area contributed by atoms with Crippen LogP contribution in [0.3, 0.4) is 0 Å². The molecule has 0 aliphatic carbocycles. The van der Waals surface area contributed by atoms with E-state index >= 15 is 0 Å². The van der Waals surface area contributed by atoms with Crippen molar-refractivity contribution in [3.05, 3.63) is 52.8 Å². The average molecular weight is 327 g/mol. The van der Waals surface area contributed by atoms with Crippen LogP contribution in [-0.2, 0) is 17.9 Å². The van der Waals surface area contributed by atoms with Crippen molar-refractivity contribution in [3.8, 4) is 0 Å². The fourth-order valence-electron chi connectivity index (χ4n) is 3.80. The highest BCUT2D eigenvalue weighted by molar-refractivity contribution is 5.72. The third-order valence-electron chi connectivity index (χ3n) is 5.15. The van der Waals surface area contributed by atoms with Gasteiger partial charge in [-0.15, -0.1) is 0 Å². The summed E-state index contributed by atoms with van der Waals surface area (Å²) >= 11 is 0. The molecule has 128 valence electrons. The van der Waals surface area contributed by atoms with Crippen LogP contribution in [0, 0.1) is 19.8 Å². The van der Waals surface area contributed by atoms with Gasteiger partial charge in [-0.1, -0.05) is 30.3 Å². The number of rotatable bonds is 5.